The summed E-state index contributed by atoms with van der Waals surface area (Å²) in [5.74, 6) is -1.14. The number of aliphatic hydroxyl groups is 10. The van der Waals surface area contributed by atoms with Crippen LogP contribution in [-0.4, -0.2) is 289 Å². The minimum Gasteiger partial charge on any atom is -0.389 e. The molecule has 5 heterocycles. The summed E-state index contributed by atoms with van der Waals surface area (Å²) in [6.07, 6.45) is -47.0. The molecule has 0 aromatic rings. The summed E-state index contributed by atoms with van der Waals surface area (Å²) >= 11 is 0. The van der Waals surface area contributed by atoms with Crippen molar-refractivity contribution in [2.24, 2.45) is 33.5 Å². The van der Waals surface area contributed by atoms with E-state index in [0.717, 1.165) is 7.11 Å². The fourth-order valence-electron chi connectivity index (χ4n) is 15.7. The number of ether oxygens (including phenoxy) is 11. The van der Waals surface area contributed by atoms with Crippen LogP contribution in [0.2, 0.25) is 0 Å². The molecule has 35 nitrogen and oxygen atoms in total. The Morgan fingerprint density at radius 3 is 1.68 bits per heavy atom. The number of carbonyl (C=O) groups excluding carboxylic acids is 2. The largest absolute Gasteiger partial charge is 0.397 e. The van der Waals surface area contributed by atoms with Crippen molar-refractivity contribution < 1.29 is 164 Å². The van der Waals surface area contributed by atoms with Crippen LogP contribution in [0.25, 0.3) is 0 Å². The van der Waals surface area contributed by atoms with Crippen molar-refractivity contribution in [3.63, 3.8) is 0 Å². The highest BCUT2D eigenvalue weighted by molar-refractivity contribution is 7.81. The first-order chi connectivity index (χ1) is 42.1. The Morgan fingerprint density at radius 1 is 0.571 bits per heavy atom. The van der Waals surface area contributed by atoms with Gasteiger partial charge in [0.15, 0.2) is 37.2 Å². The molecule has 524 valence electrons. The summed E-state index contributed by atoms with van der Waals surface area (Å²) in [6.45, 7) is 8.48. The van der Waals surface area contributed by atoms with Crippen LogP contribution >= 0.6 is 0 Å². The SMILES string of the molecule is CO[C@@H]1[C@@H](O)[C@H](O[C@@H]2[C@@H](O)[C@H](O[C@H]3[C@H](O)[C@@H](O[C@@H]4OC[C@@H](O)[C@H](O)[C@H]4O)[C@H](O[C@H]4[C@H](O[C@H]5CC[C@]6(C)C7=C(C(=O)CC6C5(C)C)[C@]5(C)CC[C@H](C(C)=O)[C@@]5(C)C[C@H]7O)OC[C@@H](O)[C@@H]4OS(=O)(=O)O)O[C@@H]3C)O[C@H](COS(=O)(=O)O)[C@H]2O)O[C@H](COS(=O)(=O)O)[C@H]1O. The van der Waals surface area contributed by atoms with E-state index in [-0.39, 0.29) is 36.7 Å². The summed E-state index contributed by atoms with van der Waals surface area (Å²) in [5.41, 5.74) is -2.15. The molecule has 0 spiro atoms. The molecular weight excluding hydrogens is 1290 g/mol. The molecule has 0 aromatic carbocycles. The Morgan fingerprint density at radius 2 is 1.11 bits per heavy atom. The number of hydrogen-bond acceptors (Lipinski definition) is 32. The molecule has 9 aliphatic rings. The number of rotatable bonds is 20. The molecule has 9 rings (SSSR count). The van der Waals surface area contributed by atoms with Crippen molar-refractivity contribution in [2.45, 2.75) is 241 Å². The number of methoxy groups -OCH3 is 1. The molecule has 38 heteroatoms. The van der Waals surface area contributed by atoms with Gasteiger partial charge in [-0.1, -0.05) is 34.6 Å². The van der Waals surface area contributed by atoms with Gasteiger partial charge in [-0.3, -0.25) is 23.2 Å². The van der Waals surface area contributed by atoms with Crippen LogP contribution in [0.15, 0.2) is 11.1 Å². The van der Waals surface area contributed by atoms with Gasteiger partial charge < -0.3 is 103 Å². The monoisotopic (exact) mass is 1380 g/mol. The molecule has 0 amide bonds. The van der Waals surface area contributed by atoms with Crippen LogP contribution in [0, 0.1) is 33.5 Å². The number of allylic oxidation sites excluding steroid dienone is 1. The molecule has 0 bridgehead atoms. The average molecular weight is 1380 g/mol. The lowest BCUT2D eigenvalue weighted by molar-refractivity contribution is -0.402. The highest BCUT2D eigenvalue weighted by Crippen LogP contribution is 2.71. The maximum absolute atomic E-state index is 14.8. The number of fused-ring (bicyclic) bond motifs is 4. The van der Waals surface area contributed by atoms with Gasteiger partial charge in [0.1, 0.15) is 110 Å². The van der Waals surface area contributed by atoms with E-state index in [1.54, 1.807) is 0 Å². The molecule has 5 saturated heterocycles. The standard InChI is InChI=1S/C53H84O35S3/c1-19(54)21-9-12-52(6)31-22(55)13-28-50(3,4)29(10-11-51(28,5)30(31)23(56)14-53(21,52)7)83-48-44(40(25(58)16-77-48)88-91(72,73)74)87-49-43(86-45-35(62)32(59)24(57)15-76-45)36(63)39(20(2)80-49)84-47-38(65)42(34(61)27(82-47)18-79-90(69,70)71)85-46-37(64)41(75-8)33(60)26(81-46)17-78-89(66,67)68/h20-21,23-29,32-49,56-65H,9-18H2,1-8H3,(H,66,67,68)(H,69,70,71)(H,72,73,74)/t20-,21-,23-,24-,25-,26-,27-,28?,29+,32+,33-,34-,35-,36+,37-,38-,39-,40+,41+,42+,43-,44-,45+,46+,47+,48+,49+,51+,52+,53-/m1/s1. The van der Waals surface area contributed by atoms with Crippen LogP contribution < -0.4 is 0 Å². The van der Waals surface area contributed by atoms with E-state index in [1.807, 2.05) is 34.6 Å². The molecule has 13 N–H and O–H groups in total. The van der Waals surface area contributed by atoms with Crippen LogP contribution in [-0.2, 0) is 105 Å². The van der Waals surface area contributed by atoms with E-state index in [4.69, 9.17) is 56.3 Å². The van der Waals surface area contributed by atoms with Gasteiger partial charge in [-0.05, 0) is 73.7 Å². The molecule has 4 aliphatic carbocycles. The minimum atomic E-state index is -5.52. The summed E-state index contributed by atoms with van der Waals surface area (Å²) in [6, 6.07) is 0. The van der Waals surface area contributed by atoms with Crippen LogP contribution in [0.1, 0.15) is 87.0 Å². The van der Waals surface area contributed by atoms with Crippen LogP contribution in [0.5, 0.6) is 0 Å². The number of Topliss-reactive ketones (excluding diaryl/α,β-unsaturated/α-hetero) is 2. The van der Waals surface area contributed by atoms with Gasteiger partial charge in [0.05, 0.1) is 44.7 Å². The van der Waals surface area contributed by atoms with E-state index in [0.29, 0.717) is 30.4 Å². The van der Waals surface area contributed by atoms with Gasteiger partial charge >= 0.3 is 31.2 Å². The van der Waals surface area contributed by atoms with Crippen molar-refractivity contribution in [1.82, 2.24) is 0 Å². The first kappa shape index (κ1) is 73.1. The van der Waals surface area contributed by atoms with Gasteiger partial charge in [0.2, 0.25) is 0 Å². The average Bonchev–Trinajstić information content (AvgIpc) is 1.67. The van der Waals surface area contributed by atoms with Crippen molar-refractivity contribution in [3.05, 3.63) is 11.1 Å². The molecular formula is C53H84O35S3. The van der Waals surface area contributed by atoms with E-state index < -0.39 is 239 Å². The zero-order valence-electron chi connectivity index (χ0n) is 50.7. The summed E-state index contributed by atoms with van der Waals surface area (Å²) < 4.78 is 180. The van der Waals surface area contributed by atoms with Crippen molar-refractivity contribution in [2.75, 3.05) is 33.5 Å². The molecule has 5 aliphatic heterocycles. The Labute approximate surface area is 523 Å². The van der Waals surface area contributed by atoms with Crippen LogP contribution in [0.4, 0.5) is 0 Å². The predicted octanol–water partition coefficient (Wildman–Crippen LogP) is -4.60. The Bertz CT molecular complexity index is 3010. The second-order valence-corrected chi connectivity index (χ2v) is 29.6. The quantitative estimate of drug-likeness (QED) is 0.0510. The summed E-state index contributed by atoms with van der Waals surface area (Å²) in [4.78, 5) is 27.8. The number of carbonyl (C=O) groups is 2. The van der Waals surface area contributed by atoms with Gasteiger partial charge in [0, 0.05) is 30.4 Å². The highest BCUT2D eigenvalue weighted by Gasteiger charge is 2.68. The Balaban J connectivity index is 1.02. The highest BCUT2D eigenvalue weighted by atomic mass is 32.3. The van der Waals surface area contributed by atoms with E-state index in [1.165, 1.54) is 13.8 Å². The smallest absolute Gasteiger partial charge is 0.389 e. The first-order valence-electron chi connectivity index (χ1n) is 29.6. The maximum Gasteiger partial charge on any atom is 0.397 e. The van der Waals surface area contributed by atoms with E-state index >= 15 is 0 Å². The van der Waals surface area contributed by atoms with Crippen LogP contribution in [0.3, 0.4) is 0 Å². The molecule has 0 radical (unpaired) electrons. The fourth-order valence-corrected chi connectivity index (χ4v) is 16.9. The molecule has 1 unspecified atom stereocenters. The molecule has 2 saturated carbocycles. The van der Waals surface area contributed by atoms with E-state index in [9.17, 15) is 99.6 Å². The normalized spacial score (nSPS) is 48.1. The fraction of sp³-hybridized carbons (Fsp3) is 0.925. The third kappa shape index (κ3) is 14.3. The van der Waals surface area contributed by atoms with Gasteiger partial charge in [-0.2, -0.15) is 25.3 Å². The number of hydrogen-bond donors (Lipinski definition) is 13. The lowest BCUT2D eigenvalue weighted by atomic mass is 9.42. The van der Waals surface area contributed by atoms with Crippen molar-refractivity contribution in [1.29, 1.82) is 0 Å². The molecule has 7 fully saturated rings. The predicted molar refractivity (Wildman–Crippen MR) is 293 cm³/mol. The second-order valence-electron chi connectivity index (χ2n) is 26.3. The van der Waals surface area contributed by atoms with Crippen molar-refractivity contribution >= 4 is 42.8 Å². The van der Waals surface area contributed by atoms with Crippen molar-refractivity contribution in [3.8, 4) is 0 Å². The minimum absolute atomic E-state index is 0.00888. The van der Waals surface area contributed by atoms with Gasteiger partial charge in [-0.25, -0.2) is 12.5 Å². The zero-order chi connectivity index (χ0) is 67.4. The van der Waals surface area contributed by atoms with Gasteiger partial charge in [0.25, 0.3) is 0 Å². The Kier molecular flexibility index (Phi) is 21.6. The number of aliphatic hydroxyl groups excluding tert-OH is 10. The molecule has 0 aromatic heterocycles. The Hall–Kier alpha value is -2.15. The molecule has 91 heavy (non-hydrogen) atoms. The van der Waals surface area contributed by atoms with E-state index in [2.05, 4.69) is 8.37 Å². The lowest BCUT2D eigenvalue weighted by Gasteiger charge is -2.62. The number of ketones is 2. The first-order valence-corrected chi connectivity index (χ1v) is 33.6. The third-order valence-corrected chi connectivity index (χ3v) is 21.9. The maximum atomic E-state index is 14.8. The third-order valence-electron chi connectivity index (χ3n) is 20.6. The summed E-state index contributed by atoms with van der Waals surface area (Å²) in [5, 5.41) is 114. The summed E-state index contributed by atoms with van der Waals surface area (Å²) in [7, 11) is -15.0. The topological polar surface area (TPSA) is 529 Å². The lowest BCUT2D eigenvalue weighted by Crippen LogP contribution is -2.68. The molecule has 30 atom stereocenters. The van der Waals surface area contributed by atoms with Gasteiger partial charge in [-0.15, -0.1) is 0 Å². The zero-order valence-corrected chi connectivity index (χ0v) is 53.1. The second kappa shape index (κ2) is 26.9.